The lowest BCUT2D eigenvalue weighted by molar-refractivity contribution is -0.121. The molecule has 0 aliphatic carbocycles. The van der Waals surface area contributed by atoms with Crippen LogP contribution >= 0.6 is 0 Å². The van der Waals surface area contributed by atoms with Gasteiger partial charge in [0.2, 0.25) is 5.91 Å². The first-order chi connectivity index (χ1) is 14.5. The van der Waals surface area contributed by atoms with Gasteiger partial charge >= 0.3 is 0 Å². The Labute approximate surface area is 178 Å². The molecule has 1 atom stereocenters. The van der Waals surface area contributed by atoms with Gasteiger partial charge in [-0.05, 0) is 50.1 Å². The third-order valence-corrected chi connectivity index (χ3v) is 5.10. The van der Waals surface area contributed by atoms with Gasteiger partial charge in [0.05, 0.1) is 25.8 Å². The average molecular weight is 411 g/mol. The highest BCUT2D eigenvalue weighted by Gasteiger charge is 2.24. The van der Waals surface area contributed by atoms with Crippen LogP contribution in [0.5, 0.6) is 11.5 Å². The number of nitrogens with one attached hydrogen (secondary N) is 2. The highest BCUT2D eigenvalue weighted by atomic mass is 16.5. The Kier molecular flexibility index (Phi) is 7.33. The number of fused-ring (bicyclic) bond motifs is 1. The van der Waals surface area contributed by atoms with E-state index in [1.54, 1.807) is 24.3 Å². The van der Waals surface area contributed by atoms with Gasteiger partial charge in [-0.3, -0.25) is 9.59 Å². The number of carbonyl (C=O) groups is 2. The molecule has 2 N–H and O–H groups in total. The van der Waals surface area contributed by atoms with Crippen LogP contribution in [0.15, 0.2) is 36.4 Å². The van der Waals surface area contributed by atoms with Crippen LogP contribution in [0.2, 0.25) is 0 Å². The first-order valence-electron chi connectivity index (χ1n) is 10.5. The number of hydrogen-bond donors (Lipinski definition) is 2. The molecule has 160 valence electrons. The smallest absolute Gasteiger partial charge is 0.251 e. The molecule has 0 bridgehead atoms. The normalized spacial score (nSPS) is 15.0. The van der Waals surface area contributed by atoms with E-state index in [4.69, 9.17) is 9.47 Å². The lowest BCUT2D eigenvalue weighted by atomic mass is 9.95. The Morgan fingerprint density at radius 1 is 1.17 bits per heavy atom. The minimum atomic E-state index is -0.288. The maximum Gasteiger partial charge on any atom is 0.251 e. The van der Waals surface area contributed by atoms with Crippen LogP contribution in [-0.2, 0) is 4.79 Å². The lowest BCUT2D eigenvalue weighted by Crippen LogP contribution is -2.40. The predicted octanol–water partition coefficient (Wildman–Crippen LogP) is 3.85. The fourth-order valence-electron chi connectivity index (χ4n) is 3.57. The van der Waals surface area contributed by atoms with E-state index >= 15 is 0 Å². The van der Waals surface area contributed by atoms with E-state index in [2.05, 4.69) is 29.7 Å². The molecule has 1 unspecified atom stereocenters. The fourth-order valence-corrected chi connectivity index (χ4v) is 3.57. The van der Waals surface area contributed by atoms with Crippen molar-refractivity contribution in [2.75, 3.05) is 19.8 Å². The molecule has 1 heterocycles. The lowest BCUT2D eigenvalue weighted by Gasteiger charge is -2.28. The molecule has 0 saturated carbocycles. The third kappa shape index (κ3) is 5.53. The number of carbonyl (C=O) groups excluding carboxylic acids is 2. The van der Waals surface area contributed by atoms with Crippen molar-refractivity contribution >= 4 is 11.8 Å². The molecule has 30 heavy (non-hydrogen) atoms. The van der Waals surface area contributed by atoms with Crippen molar-refractivity contribution in [2.45, 2.75) is 46.1 Å². The summed E-state index contributed by atoms with van der Waals surface area (Å²) in [6.07, 6.45) is 2.77. The summed E-state index contributed by atoms with van der Waals surface area (Å²) in [6, 6.07) is 11.0. The molecule has 1 aliphatic rings. The van der Waals surface area contributed by atoms with Crippen molar-refractivity contribution in [3.63, 3.8) is 0 Å². The standard InChI is InChI=1S/C24H30N2O4/c1-4-5-11-29-19-8-6-18(7-9-19)24(28)25-15-22(27)26-21-10-12-30-23-17(3)13-16(2)14-20(21)23/h6-9,13-14,21H,4-5,10-12,15H2,1-3H3,(H,25,28)(H,26,27). The van der Waals surface area contributed by atoms with Crippen LogP contribution in [0.4, 0.5) is 0 Å². The molecule has 0 radical (unpaired) electrons. The van der Waals surface area contributed by atoms with Crippen molar-refractivity contribution < 1.29 is 19.1 Å². The second-order valence-electron chi connectivity index (χ2n) is 7.67. The highest BCUT2D eigenvalue weighted by molar-refractivity contribution is 5.96. The Morgan fingerprint density at radius 2 is 1.93 bits per heavy atom. The molecule has 2 amide bonds. The molecule has 2 aromatic rings. The van der Waals surface area contributed by atoms with Crippen molar-refractivity contribution in [1.82, 2.24) is 10.6 Å². The van der Waals surface area contributed by atoms with Crippen LogP contribution < -0.4 is 20.1 Å². The van der Waals surface area contributed by atoms with E-state index in [0.29, 0.717) is 25.2 Å². The van der Waals surface area contributed by atoms with Crippen LogP contribution in [-0.4, -0.2) is 31.6 Å². The summed E-state index contributed by atoms with van der Waals surface area (Å²) < 4.78 is 11.4. The number of hydrogen-bond acceptors (Lipinski definition) is 4. The minimum absolute atomic E-state index is 0.0783. The Bertz CT molecular complexity index is 893. The summed E-state index contributed by atoms with van der Waals surface area (Å²) in [7, 11) is 0. The Balaban J connectivity index is 1.52. The van der Waals surface area contributed by atoms with Gasteiger partial charge < -0.3 is 20.1 Å². The van der Waals surface area contributed by atoms with E-state index in [-0.39, 0.29) is 24.4 Å². The molecule has 0 saturated heterocycles. The van der Waals surface area contributed by atoms with Crippen LogP contribution in [0.25, 0.3) is 0 Å². The van der Waals surface area contributed by atoms with E-state index < -0.39 is 0 Å². The zero-order valence-electron chi connectivity index (χ0n) is 17.9. The molecule has 0 spiro atoms. The van der Waals surface area contributed by atoms with Crippen LogP contribution in [0, 0.1) is 13.8 Å². The SMILES string of the molecule is CCCCOc1ccc(C(=O)NCC(=O)NC2CCOc3c(C)cc(C)cc32)cc1. The molecule has 0 fully saturated rings. The molecule has 6 heteroatoms. The topological polar surface area (TPSA) is 76.7 Å². The molecule has 2 aromatic carbocycles. The molecular weight excluding hydrogens is 380 g/mol. The summed E-state index contributed by atoms with van der Waals surface area (Å²) in [4.78, 5) is 24.8. The monoisotopic (exact) mass is 410 g/mol. The number of unbranched alkanes of at least 4 members (excludes halogenated alkanes) is 1. The second-order valence-corrected chi connectivity index (χ2v) is 7.67. The van der Waals surface area contributed by atoms with E-state index in [1.165, 1.54) is 0 Å². The van der Waals surface area contributed by atoms with Gasteiger partial charge in [-0.1, -0.05) is 31.0 Å². The molecule has 6 nitrogen and oxygen atoms in total. The predicted molar refractivity (Wildman–Crippen MR) is 116 cm³/mol. The van der Waals surface area contributed by atoms with E-state index in [1.807, 2.05) is 13.8 Å². The molecule has 1 aliphatic heterocycles. The summed E-state index contributed by atoms with van der Waals surface area (Å²) in [5.41, 5.74) is 3.69. The minimum Gasteiger partial charge on any atom is -0.494 e. The zero-order chi connectivity index (χ0) is 21.5. The van der Waals surface area contributed by atoms with Crippen LogP contribution in [0.3, 0.4) is 0 Å². The maximum absolute atomic E-state index is 12.4. The van der Waals surface area contributed by atoms with Crippen molar-refractivity contribution in [2.24, 2.45) is 0 Å². The summed E-state index contributed by atoms with van der Waals surface area (Å²) in [5, 5.41) is 5.70. The third-order valence-electron chi connectivity index (χ3n) is 5.10. The first-order valence-corrected chi connectivity index (χ1v) is 10.5. The Hall–Kier alpha value is -3.02. The second kappa shape index (κ2) is 10.1. The van der Waals surface area contributed by atoms with Gasteiger partial charge in [-0.2, -0.15) is 0 Å². The zero-order valence-corrected chi connectivity index (χ0v) is 17.9. The highest BCUT2D eigenvalue weighted by Crippen LogP contribution is 2.35. The van der Waals surface area contributed by atoms with Crippen molar-refractivity contribution in [3.8, 4) is 11.5 Å². The number of amides is 2. The number of benzene rings is 2. The van der Waals surface area contributed by atoms with Crippen LogP contribution in [0.1, 0.15) is 59.3 Å². The largest absolute Gasteiger partial charge is 0.494 e. The molecule has 3 rings (SSSR count). The summed E-state index contributed by atoms with van der Waals surface area (Å²) >= 11 is 0. The van der Waals surface area contributed by atoms with E-state index in [0.717, 1.165) is 41.0 Å². The Morgan fingerprint density at radius 3 is 2.67 bits per heavy atom. The van der Waals surface area contributed by atoms with Gasteiger partial charge in [-0.15, -0.1) is 0 Å². The summed E-state index contributed by atoms with van der Waals surface area (Å²) in [6.45, 7) is 7.29. The van der Waals surface area contributed by atoms with Gasteiger partial charge in [0.1, 0.15) is 11.5 Å². The molecule has 0 aromatic heterocycles. The molecular formula is C24H30N2O4. The van der Waals surface area contributed by atoms with E-state index in [9.17, 15) is 9.59 Å². The maximum atomic E-state index is 12.4. The quantitative estimate of drug-likeness (QED) is 0.648. The van der Waals surface area contributed by atoms with Gasteiger partial charge in [0.15, 0.2) is 0 Å². The van der Waals surface area contributed by atoms with Crippen molar-refractivity contribution in [1.29, 1.82) is 0 Å². The van der Waals surface area contributed by atoms with Gasteiger partial charge in [-0.25, -0.2) is 0 Å². The number of ether oxygens (including phenoxy) is 2. The fraction of sp³-hybridized carbons (Fsp3) is 0.417. The van der Waals surface area contributed by atoms with Crippen molar-refractivity contribution in [3.05, 3.63) is 58.7 Å². The van der Waals surface area contributed by atoms with Gasteiger partial charge in [0.25, 0.3) is 5.91 Å². The average Bonchev–Trinajstić information content (AvgIpc) is 2.73. The van der Waals surface area contributed by atoms with Gasteiger partial charge in [0, 0.05) is 17.5 Å². The number of rotatable bonds is 8. The number of aryl methyl sites for hydroxylation is 2. The first kappa shape index (κ1) is 21.7. The summed E-state index contributed by atoms with van der Waals surface area (Å²) in [5.74, 6) is 1.08.